The molecule has 1 aromatic carbocycles. The Morgan fingerprint density at radius 3 is 2.40 bits per heavy atom. The van der Waals surface area contributed by atoms with Crippen LogP contribution in [0.5, 0.6) is 11.5 Å². The number of carbonyl (C=O) groups excluding carboxylic acids is 2. The Bertz CT molecular complexity index is 790. The number of nitrogens with two attached hydrogens (primary N) is 1. The third-order valence-corrected chi connectivity index (χ3v) is 4.48. The predicted molar refractivity (Wildman–Crippen MR) is 94.1 cm³/mol. The highest BCUT2D eigenvalue weighted by molar-refractivity contribution is 7.15. The zero-order chi connectivity index (χ0) is 18.6. The number of nitrogens with one attached hydrogen (secondary N) is 1. The van der Waals surface area contributed by atoms with E-state index >= 15 is 0 Å². The number of nitrogen functional groups attached to an aromatic ring is 1. The zero-order valence-electron chi connectivity index (χ0n) is 14.5. The first-order valence-corrected chi connectivity index (χ1v) is 8.31. The minimum Gasteiger partial charge on any atom is -0.493 e. The van der Waals surface area contributed by atoms with Crippen molar-refractivity contribution in [3.05, 3.63) is 28.3 Å². The van der Waals surface area contributed by atoms with E-state index in [9.17, 15) is 9.59 Å². The number of Topliss-reactive ketones (excluding diaryl/α,β-unsaturated/α-hetero) is 1. The number of aromatic nitrogens is 2. The van der Waals surface area contributed by atoms with Crippen LogP contribution in [0, 0.1) is 0 Å². The number of anilines is 1. The van der Waals surface area contributed by atoms with Crippen LogP contribution in [0.4, 0.5) is 5.13 Å². The van der Waals surface area contributed by atoms with E-state index in [1.54, 1.807) is 19.1 Å². The van der Waals surface area contributed by atoms with Gasteiger partial charge in [-0.25, -0.2) is 0 Å². The molecular weight excluding hydrogens is 344 g/mol. The molecule has 0 saturated heterocycles. The summed E-state index contributed by atoms with van der Waals surface area (Å²) < 4.78 is 10.5. The molecule has 1 aromatic heterocycles. The summed E-state index contributed by atoms with van der Waals surface area (Å²) >= 11 is 1.21. The minimum atomic E-state index is -0.330. The summed E-state index contributed by atoms with van der Waals surface area (Å²) in [6, 6.07) is 2.89. The normalized spacial score (nSPS) is 11.7. The fraction of sp³-hybridized carbons (Fsp3) is 0.375. The number of benzene rings is 1. The number of ketones is 1. The molecule has 0 aliphatic heterocycles. The first-order valence-electron chi connectivity index (χ1n) is 7.49. The first kappa shape index (κ1) is 18.7. The van der Waals surface area contributed by atoms with Crippen molar-refractivity contribution in [1.82, 2.24) is 15.5 Å². The van der Waals surface area contributed by atoms with Crippen LogP contribution in [-0.2, 0) is 11.2 Å². The van der Waals surface area contributed by atoms with Gasteiger partial charge in [-0.15, -0.1) is 10.2 Å². The quantitative estimate of drug-likeness (QED) is 0.719. The van der Waals surface area contributed by atoms with Gasteiger partial charge in [0.05, 0.1) is 26.7 Å². The standard InChI is InChI=1S/C16H20N4O4S/c1-8(15-19-20-16(17)25-15)18-14(22)6-10-5-12(23-3)13(24-4)7-11(10)9(2)21/h5,7-8H,6H2,1-4H3,(H2,17,20)(H,18,22)/t8-/m1/s1. The summed E-state index contributed by atoms with van der Waals surface area (Å²) in [4.78, 5) is 24.3. The molecule has 8 nitrogen and oxygen atoms in total. The van der Waals surface area contributed by atoms with Crippen molar-refractivity contribution >= 4 is 28.2 Å². The van der Waals surface area contributed by atoms with E-state index in [0.29, 0.717) is 32.8 Å². The molecule has 0 saturated carbocycles. The number of hydrogen-bond donors (Lipinski definition) is 2. The van der Waals surface area contributed by atoms with Crippen molar-refractivity contribution in [3.8, 4) is 11.5 Å². The van der Waals surface area contributed by atoms with E-state index in [1.807, 2.05) is 0 Å². The van der Waals surface area contributed by atoms with Gasteiger partial charge in [-0.3, -0.25) is 9.59 Å². The molecule has 0 aliphatic rings. The van der Waals surface area contributed by atoms with Crippen molar-refractivity contribution in [2.45, 2.75) is 26.3 Å². The number of methoxy groups -OCH3 is 2. The lowest BCUT2D eigenvalue weighted by atomic mass is 10.00. The second kappa shape index (κ2) is 7.93. The van der Waals surface area contributed by atoms with E-state index in [2.05, 4.69) is 15.5 Å². The Kier molecular flexibility index (Phi) is 5.92. The summed E-state index contributed by atoms with van der Waals surface area (Å²) in [5, 5.41) is 11.4. The van der Waals surface area contributed by atoms with Crippen molar-refractivity contribution < 1.29 is 19.1 Å². The SMILES string of the molecule is COc1cc(CC(=O)N[C@H](C)c2nnc(N)s2)c(C(C)=O)cc1OC. The van der Waals surface area contributed by atoms with E-state index in [0.717, 1.165) is 0 Å². The van der Waals surface area contributed by atoms with Gasteiger partial charge in [0.2, 0.25) is 11.0 Å². The molecular formula is C16H20N4O4S. The second-order valence-electron chi connectivity index (χ2n) is 5.37. The molecule has 25 heavy (non-hydrogen) atoms. The third kappa shape index (κ3) is 4.44. The average molecular weight is 364 g/mol. The number of ether oxygens (including phenoxy) is 2. The van der Waals surface area contributed by atoms with Gasteiger partial charge in [0.1, 0.15) is 5.01 Å². The minimum absolute atomic E-state index is 0.0217. The maximum atomic E-state index is 12.4. The fourth-order valence-electron chi connectivity index (χ4n) is 2.34. The smallest absolute Gasteiger partial charge is 0.225 e. The number of hydrogen-bond acceptors (Lipinski definition) is 8. The van der Waals surface area contributed by atoms with E-state index in [1.165, 1.54) is 32.5 Å². The Hall–Kier alpha value is -2.68. The maximum Gasteiger partial charge on any atom is 0.225 e. The van der Waals surface area contributed by atoms with Crippen LogP contribution in [-0.4, -0.2) is 36.1 Å². The van der Waals surface area contributed by atoms with Gasteiger partial charge in [-0.05, 0) is 31.5 Å². The second-order valence-corrected chi connectivity index (χ2v) is 6.41. The summed E-state index contributed by atoms with van der Waals surface area (Å²) in [5.41, 5.74) is 6.53. The van der Waals surface area contributed by atoms with Crippen molar-refractivity contribution in [1.29, 1.82) is 0 Å². The predicted octanol–water partition coefficient (Wildman–Crippen LogP) is 1.76. The van der Waals surface area contributed by atoms with Crippen LogP contribution in [0.15, 0.2) is 12.1 Å². The highest BCUT2D eigenvalue weighted by Crippen LogP contribution is 2.31. The molecule has 2 rings (SSSR count). The molecule has 0 radical (unpaired) electrons. The van der Waals surface area contributed by atoms with Crippen molar-refractivity contribution in [2.24, 2.45) is 0 Å². The molecule has 0 aliphatic carbocycles. The van der Waals surface area contributed by atoms with Crippen LogP contribution < -0.4 is 20.5 Å². The largest absolute Gasteiger partial charge is 0.493 e. The van der Waals surface area contributed by atoms with E-state index in [-0.39, 0.29) is 24.2 Å². The third-order valence-electron chi connectivity index (χ3n) is 3.54. The monoisotopic (exact) mass is 364 g/mol. The summed E-state index contributed by atoms with van der Waals surface area (Å²) in [5.74, 6) is 0.486. The van der Waals surface area contributed by atoms with Gasteiger partial charge in [-0.2, -0.15) is 0 Å². The lowest BCUT2D eigenvalue weighted by molar-refractivity contribution is -0.121. The van der Waals surface area contributed by atoms with Crippen LogP contribution in [0.25, 0.3) is 0 Å². The highest BCUT2D eigenvalue weighted by Gasteiger charge is 2.19. The molecule has 2 aromatic rings. The Morgan fingerprint density at radius 2 is 1.88 bits per heavy atom. The lowest BCUT2D eigenvalue weighted by Gasteiger charge is -2.15. The number of nitrogens with zero attached hydrogens (tertiary/aromatic N) is 2. The molecule has 1 heterocycles. The molecule has 0 bridgehead atoms. The highest BCUT2D eigenvalue weighted by atomic mass is 32.1. The lowest BCUT2D eigenvalue weighted by Crippen LogP contribution is -2.28. The molecule has 0 unspecified atom stereocenters. The Balaban J connectivity index is 2.20. The number of amides is 1. The molecule has 0 fully saturated rings. The molecule has 0 spiro atoms. The fourth-order valence-corrected chi connectivity index (χ4v) is 2.96. The number of carbonyl (C=O) groups is 2. The Labute approximate surface area is 149 Å². The van der Waals surface area contributed by atoms with Crippen LogP contribution >= 0.6 is 11.3 Å². The first-order chi connectivity index (χ1) is 11.8. The molecule has 1 amide bonds. The molecule has 134 valence electrons. The van der Waals surface area contributed by atoms with Crippen LogP contribution in [0.2, 0.25) is 0 Å². The van der Waals surface area contributed by atoms with Crippen LogP contribution in [0.1, 0.15) is 40.8 Å². The van der Waals surface area contributed by atoms with E-state index in [4.69, 9.17) is 15.2 Å². The van der Waals surface area contributed by atoms with Crippen molar-refractivity contribution in [3.63, 3.8) is 0 Å². The van der Waals surface area contributed by atoms with Gasteiger partial charge >= 0.3 is 0 Å². The summed E-state index contributed by atoms with van der Waals surface area (Å²) in [6.45, 7) is 3.23. The topological polar surface area (TPSA) is 116 Å². The average Bonchev–Trinajstić information content (AvgIpc) is 3.00. The maximum absolute atomic E-state index is 12.4. The number of rotatable bonds is 7. The van der Waals surface area contributed by atoms with Gasteiger partial charge in [-0.1, -0.05) is 11.3 Å². The molecule has 1 atom stereocenters. The zero-order valence-corrected chi connectivity index (χ0v) is 15.3. The van der Waals surface area contributed by atoms with Gasteiger partial charge in [0, 0.05) is 5.56 Å². The summed E-state index contributed by atoms with van der Waals surface area (Å²) in [7, 11) is 2.99. The van der Waals surface area contributed by atoms with E-state index < -0.39 is 0 Å². The van der Waals surface area contributed by atoms with Gasteiger partial charge in [0.25, 0.3) is 0 Å². The van der Waals surface area contributed by atoms with Gasteiger partial charge < -0.3 is 20.5 Å². The van der Waals surface area contributed by atoms with Gasteiger partial charge in [0.15, 0.2) is 17.3 Å². The molecule has 3 N–H and O–H groups in total. The molecule has 9 heteroatoms. The van der Waals surface area contributed by atoms with Crippen molar-refractivity contribution in [2.75, 3.05) is 20.0 Å². The van der Waals surface area contributed by atoms with Crippen LogP contribution in [0.3, 0.4) is 0 Å². The Morgan fingerprint density at radius 1 is 1.24 bits per heavy atom. The summed E-state index contributed by atoms with van der Waals surface area (Å²) in [6.07, 6.45) is 0.0217.